The van der Waals surface area contributed by atoms with Gasteiger partial charge in [-0.15, -0.1) is 0 Å². The molecular formula is C11H12BrFO3. The van der Waals surface area contributed by atoms with Gasteiger partial charge in [-0.1, -0.05) is 15.9 Å². The Balaban J connectivity index is 1.82. The van der Waals surface area contributed by atoms with Crippen molar-refractivity contribution in [3.8, 4) is 5.75 Å². The lowest BCUT2D eigenvalue weighted by Crippen LogP contribution is -2.13. The molecule has 1 aliphatic heterocycles. The maximum Gasteiger partial charge on any atom is 0.165 e. The molecule has 1 heterocycles. The Morgan fingerprint density at radius 1 is 1.38 bits per heavy atom. The number of hydrogen-bond donors (Lipinski definition) is 0. The number of halogens is 2. The van der Waals surface area contributed by atoms with Gasteiger partial charge in [0.25, 0.3) is 0 Å². The molecule has 0 radical (unpaired) electrons. The number of hydrogen-bond acceptors (Lipinski definition) is 3. The van der Waals surface area contributed by atoms with Crippen molar-refractivity contribution in [2.24, 2.45) is 0 Å². The van der Waals surface area contributed by atoms with Crippen LogP contribution in [0.2, 0.25) is 0 Å². The van der Waals surface area contributed by atoms with E-state index < -0.39 is 0 Å². The van der Waals surface area contributed by atoms with E-state index in [1.807, 2.05) is 0 Å². The summed E-state index contributed by atoms with van der Waals surface area (Å²) >= 11 is 3.26. The van der Waals surface area contributed by atoms with E-state index in [4.69, 9.17) is 14.2 Å². The van der Waals surface area contributed by atoms with Gasteiger partial charge in [-0.2, -0.15) is 0 Å². The SMILES string of the molecule is Fc1ccc(Br)cc1OCCC1OCCO1. The molecule has 1 fully saturated rings. The molecule has 5 heteroatoms. The fourth-order valence-electron chi connectivity index (χ4n) is 1.43. The van der Waals surface area contributed by atoms with Crippen molar-refractivity contribution in [2.45, 2.75) is 12.7 Å². The summed E-state index contributed by atoms with van der Waals surface area (Å²) in [6.07, 6.45) is 0.390. The van der Waals surface area contributed by atoms with Crippen LogP contribution in [0.1, 0.15) is 6.42 Å². The smallest absolute Gasteiger partial charge is 0.165 e. The highest BCUT2D eigenvalue weighted by Gasteiger charge is 2.15. The second kappa shape index (κ2) is 5.61. The largest absolute Gasteiger partial charge is 0.490 e. The monoisotopic (exact) mass is 290 g/mol. The summed E-state index contributed by atoms with van der Waals surface area (Å²) in [5.41, 5.74) is 0. The summed E-state index contributed by atoms with van der Waals surface area (Å²) in [6.45, 7) is 1.61. The maximum atomic E-state index is 13.3. The quantitative estimate of drug-likeness (QED) is 0.853. The molecule has 0 N–H and O–H groups in total. The summed E-state index contributed by atoms with van der Waals surface area (Å²) < 4.78 is 29.8. The average Bonchev–Trinajstić information content (AvgIpc) is 2.76. The van der Waals surface area contributed by atoms with E-state index in [9.17, 15) is 4.39 Å². The molecular weight excluding hydrogens is 279 g/mol. The molecule has 1 saturated heterocycles. The van der Waals surface area contributed by atoms with E-state index in [1.165, 1.54) is 6.07 Å². The molecule has 1 aromatic rings. The van der Waals surface area contributed by atoms with Crippen molar-refractivity contribution in [3.63, 3.8) is 0 Å². The molecule has 0 amide bonds. The highest BCUT2D eigenvalue weighted by atomic mass is 79.9. The third kappa shape index (κ3) is 3.17. The van der Waals surface area contributed by atoms with Crippen LogP contribution in [0.15, 0.2) is 22.7 Å². The van der Waals surface area contributed by atoms with Gasteiger partial charge in [0, 0.05) is 10.9 Å². The molecule has 0 aliphatic carbocycles. The predicted octanol–water partition coefficient (Wildman–Crippen LogP) is 2.73. The van der Waals surface area contributed by atoms with Gasteiger partial charge < -0.3 is 14.2 Å². The minimum Gasteiger partial charge on any atom is -0.490 e. The van der Waals surface area contributed by atoms with Gasteiger partial charge in [0.1, 0.15) is 0 Å². The lowest BCUT2D eigenvalue weighted by molar-refractivity contribution is -0.0533. The first-order valence-electron chi connectivity index (χ1n) is 5.07. The zero-order valence-electron chi connectivity index (χ0n) is 8.62. The van der Waals surface area contributed by atoms with Crippen LogP contribution < -0.4 is 4.74 Å². The van der Waals surface area contributed by atoms with E-state index >= 15 is 0 Å². The summed E-state index contributed by atoms with van der Waals surface area (Å²) in [5, 5.41) is 0. The van der Waals surface area contributed by atoms with Crippen LogP contribution in [-0.2, 0) is 9.47 Å². The molecule has 88 valence electrons. The molecule has 2 rings (SSSR count). The summed E-state index contributed by atoms with van der Waals surface area (Å²) in [7, 11) is 0. The van der Waals surface area contributed by atoms with Gasteiger partial charge in [-0.05, 0) is 18.2 Å². The van der Waals surface area contributed by atoms with Gasteiger partial charge in [0.2, 0.25) is 0 Å². The molecule has 3 nitrogen and oxygen atoms in total. The minimum absolute atomic E-state index is 0.213. The Morgan fingerprint density at radius 2 is 2.12 bits per heavy atom. The van der Waals surface area contributed by atoms with Crippen molar-refractivity contribution in [1.82, 2.24) is 0 Å². The predicted molar refractivity (Wildman–Crippen MR) is 59.9 cm³/mol. The van der Waals surface area contributed by atoms with E-state index in [0.717, 1.165) is 4.47 Å². The Labute approximate surface area is 102 Å². The third-order valence-corrected chi connectivity index (χ3v) is 2.69. The number of rotatable bonds is 4. The normalized spacial score (nSPS) is 16.6. The van der Waals surface area contributed by atoms with Crippen LogP contribution in [-0.4, -0.2) is 26.1 Å². The first-order chi connectivity index (χ1) is 7.75. The third-order valence-electron chi connectivity index (χ3n) is 2.20. The standard InChI is InChI=1S/C11H12BrFO3/c12-8-1-2-9(13)10(7-8)14-4-3-11-15-5-6-16-11/h1-2,7,11H,3-6H2. The van der Waals surface area contributed by atoms with E-state index in [0.29, 0.717) is 26.2 Å². The first-order valence-corrected chi connectivity index (χ1v) is 5.86. The van der Waals surface area contributed by atoms with Crippen molar-refractivity contribution >= 4 is 15.9 Å². The Hall–Kier alpha value is -0.650. The second-order valence-corrected chi connectivity index (χ2v) is 4.30. The molecule has 1 aliphatic rings. The van der Waals surface area contributed by atoms with Crippen molar-refractivity contribution < 1.29 is 18.6 Å². The molecule has 0 spiro atoms. The fraction of sp³-hybridized carbons (Fsp3) is 0.455. The number of ether oxygens (including phenoxy) is 3. The lowest BCUT2D eigenvalue weighted by atomic mass is 10.3. The molecule has 0 unspecified atom stereocenters. The lowest BCUT2D eigenvalue weighted by Gasteiger charge is -2.10. The van der Waals surface area contributed by atoms with Crippen LogP contribution in [0, 0.1) is 5.82 Å². The fourth-order valence-corrected chi connectivity index (χ4v) is 1.77. The van der Waals surface area contributed by atoms with Gasteiger partial charge in [-0.25, -0.2) is 4.39 Å². The first kappa shape index (κ1) is 11.8. The van der Waals surface area contributed by atoms with Crippen molar-refractivity contribution in [3.05, 3.63) is 28.5 Å². The van der Waals surface area contributed by atoms with E-state index in [2.05, 4.69) is 15.9 Å². The van der Waals surface area contributed by atoms with Gasteiger partial charge in [0.15, 0.2) is 17.9 Å². The van der Waals surface area contributed by atoms with Gasteiger partial charge in [0.05, 0.1) is 19.8 Å². The zero-order chi connectivity index (χ0) is 11.4. The molecule has 0 atom stereocenters. The molecule has 0 saturated carbocycles. The summed E-state index contributed by atoms with van der Waals surface area (Å²) in [6, 6.07) is 4.60. The zero-order valence-corrected chi connectivity index (χ0v) is 10.2. The summed E-state index contributed by atoms with van der Waals surface area (Å²) in [5.74, 6) is -0.121. The Bertz CT molecular complexity index is 353. The molecule has 1 aromatic carbocycles. The van der Waals surface area contributed by atoms with E-state index in [1.54, 1.807) is 12.1 Å². The van der Waals surface area contributed by atoms with Crippen molar-refractivity contribution in [2.75, 3.05) is 19.8 Å². The molecule has 0 aromatic heterocycles. The maximum absolute atomic E-state index is 13.3. The highest BCUT2D eigenvalue weighted by Crippen LogP contribution is 2.22. The average molecular weight is 291 g/mol. The van der Waals surface area contributed by atoms with Crippen LogP contribution in [0.25, 0.3) is 0 Å². The van der Waals surface area contributed by atoms with Crippen LogP contribution >= 0.6 is 15.9 Å². The summed E-state index contributed by atoms with van der Waals surface area (Å²) in [4.78, 5) is 0. The van der Waals surface area contributed by atoms with Crippen molar-refractivity contribution in [1.29, 1.82) is 0 Å². The van der Waals surface area contributed by atoms with Crippen LogP contribution in [0.3, 0.4) is 0 Å². The van der Waals surface area contributed by atoms with Crippen LogP contribution in [0.5, 0.6) is 5.75 Å². The highest BCUT2D eigenvalue weighted by molar-refractivity contribution is 9.10. The Kier molecular flexibility index (Phi) is 4.15. The Morgan fingerprint density at radius 3 is 2.88 bits per heavy atom. The minimum atomic E-state index is -0.364. The topological polar surface area (TPSA) is 27.7 Å². The number of benzene rings is 1. The molecule has 16 heavy (non-hydrogen) atoms. The van der Waals surface area contributed by atoms with Crippen LogP contribution in [0.4, 0.5) is 4.39 Å². The van der Waals surface area contributed by atoms with Gasteiger partial charge in [-0.3, -0.25) is 0 Å². The van der Waals surface area contributed by atoms with E-state index in [-0.39, 0.29) is 17.9 Å². The second-order valence-electron chi connectivity index (χ2n) is 3.38. The van der Waals surface area contributed by atoms with Gasteiger partial charge >= 0.3 is 0 Å². The molecule has 0 bridgehead atoms.